The molecule has 5 heterocycles. The van der Waals surface area contributed by atoms with Gasteiger partial charge in [0.05, 0.1) is 23.2 Å². The Bertz CT molecular complexity index is 1680. The van der Waals surface area contributed by atoms with E-state index in [0.717, 1.165) is 0 Å². The summed E-state index contributed by atoms with van der Waals surface area (Å²) in [7, 11) is 0. The number of hydrogen-bond donors (Lipinski definition) is 1. The molecule has 0 saturated heterocycles. The molecule has 2 aliphatic heterocycles. The van der Waals surface area contributed by atoms with E-state index < -0.39 is 29.3 Å². The Hall–Kier alpha value is -4.54. The number of fused-ring (bicyclic) bond motifs is 1. The molecule has 0 unspecified atom stereocenters. The van der Waals surface area contributed by atoms with Gasteiger partial charge in [0.2, 0.25) is 0 Å². The first-order valence-electron chi connectivity index (χ1n) is 11.8. The summed E-state index contributed by atoms with van der Waals surface area (Å²) >= 11 is 0. The highest BCUT2D eigenvalue weighted by Crippen LogP contribution is 2.38. The van der Waals surface area contributed by atoms with Gasteiger partial charge in [-0.2, -0.15) is 0 Å². The molecule has 0 saturated carbocycles. The van der Waals surface area contributed by atoms with Crippen molar-refractivity contribution in [2.24, 2.45) is 0 Å². The molecular formula is C26H23FN6O4. The molecule has 0 spiro atoms. The molecule has 10 nitrogen and oxygen atoms in total. The standard InChI is InChI=1S/C26H23FN6O4/c1-26(2,3)37-25(36)32-9-8-31-13-17(16-11-15(27)10-14(12-32)21(16)31)19-20(24(35)28-23(19)34)22-30-29-18-6-4-5-7-33(18)22/h4-7,10-11,13H,8-9,12H2,1-3H3,(H,28,34,35). The van der Waals surface area contributed by atoms with Crippen molar-refractivity contribution in [3.05, 3.63) is 65.5 Å². The fraction of sp³-hybridized carbons (Fsp3) is 0.269. The van der Waals surface area contributed by atoms with Gasteiger partial charge in [-0.15, -0.1) is 10.2 Å². The molecule has 0 radical (unpaired) electrons. The van der Waals surface area contributed by atoms with E-state index in [1.165, 1.54) is 17.0 Å². The SMILES string of the molecule is CC(C)(C)OC(=O)N1CCn2cc(C3=C(c4nnc5ccccn45)C(=O)NC3=O)c3cc(F)cc(c32)C1. The van der Waals surface area contributed by atoms with Gasteiger partial charge < -0.3 is 14.2 Å². The lowest BCUT2D eigenvalue weighted by molar-refractivity contribution is -0.122. The second-order valence-corrected chi connectivity index (χ2v) is 10.1. The summed E-state index contributed by atoms with van der Waals surface area (Å²) in [6, 6.07) is 8.02. The van der Waals surface area contributed by atoms with E-state index in [2.05, 4.69) is 15.5 Å². The Labute approximate surface area is 210 Å². The van der Waals surface area contributed by atoms with E-state index in [4.69, 9.17) is 4.74 Å². The molecule has 3 amide bonds. The van der Waals surface area contributed by atoms with Gasteiger partial charge in [-0.3, -0.25) is 19.3 Å². The number of nitrogens with zero attached hydrogens (tertiary/aromatic N) is 5. The van der Waals surface area contributed by atoms with Crippen LogP contribution >= 0.6 is 0 Å². The average molecular weight is 503 g/mol. The summed E-state index contributed by atoms with van der Waals surface area (Å²) in [5.74, 6) is -1.49. The second kappa shape index (κ2) is 7.99. The number of halogens is 1. The van der Waals surface area contributed by atoms with E-state index in [-0.39, 0.29) is 23.5 Å². The number of imide groups is 1. The van der Waals surface area contributed by atoms with Crippen molar-refractivity contribution in [1.29, 1.82) is 0 Å². The lowest BCUT2D eigenvalue weighted by Crippen LogP contribution is -2.37. The van der Waals surface area contributed by atoms with Crippen molar-refractivity contribution >= 4 is 45.6 Å². The lowest BCUT2D eigenvalue weighted by Gasteiger charge is -2.26. The Morgan fingerprint density at radius 3 is 2.65 bits per heavy atom. The predicted molar refractivity (Wildman–Crippen MR) is 131 cm³/mol. The number of benzene rings is 1. The number of hydrogen-bond acceptors (Lipinski definition) is 6. The summed E-state index contributed by atoms with van der Waals surface area (Å²) in [5.41, 5.74) is 1.70. The fourth-order valence-electron chi connectivity index (χ4n) is 4.92. The number of amides is 3. The van der Waals surface area contributed by atoms with Crippen LogP contribution in [0.15, 0.2) is 42.7 Å². The smallest absolute Gasteiger partial charge is 0.410 e. The number of aromatic nitrogens is 4. The van der Waals surface area contributed by atoms with Crippen LogP contribution in [0, 0.1) is 5.82 Å². The molecular weight excluding hydrogens is 479 g/mol. The summed E-state index contributed by atoms with van der Waals surface area (Å²) in [6.45, 7) is 6.21. The van der Waals surface area contributed by atoms with E-state index in [9.17, 15) is 18.8 Å². The largest absolute Gasteiger partial charge is 0.444 e. The summed E-state index contributed by atoms with van der Waals surface area (Å²) in [4.78, 5) is 40.3. The van der Waals surface area contributed by atoms with Gasteiger partial charge in [-0.05, 0) is 50.6 Å². The van der Waals surface area contributed by atoms with Crippen molar-refractivity contribution in [2.45, 2.75) is 39.5 Å². The molecule has 0 bridgehead atoms. The molecule has 1 aromatic carbocycles. The van der Waals surface area contributed by atoms with E-state index in [1.807, 2.05) is 4.57 Å². The Morgan fingerprint density at radius 2 is 1.86 bits per heavy atom. The minimum Gasteiger partial charge on any atom is -0.444 e. The Morgan fingerprint density at radius 1 is 1.08 bits per heavy atom. The number of pyridine rings is 1. The first-order chi connectivity index (χ1) is 17.6. The fourth-order valence-corrected chi connectivity index (χ4v) is 4.92. The van der Waals surface area contributed by atoms with Crippen LogP contribution in [0.4, 0.5) is 9.18 Å². The zero-order valence-electron chi connectivity index (χ0n) is 20.4. The van der Waals surface area contributed by atoms with Crippen molar-refractivity contribution < 1.29 is 23.5 Å². The number of carbonyl (C=O) groups excluding carboxylic acids is 3. The minimum atomic E-state index is -0.666. The molecule has 37 heavy (non-hydrogen) atoms. The van der Waals surface area contributed by atoms with Gasteiger partial charge in [-0.1, -0.05) is 6.07 Å². The number of rotatable bonds is 2. The van der Waals surface area contributed by atoms with Gasteiger partial charge in [0.1, 0.15) is 11.4 Å². The monoisotopic (exact) mass is 502 g/mol. The van der Waals surface area contributed by atoms with Crippen LogP contribution < -0.4 is 5.32 Å². The molecule has 0 aliphatic carbocycles. The molecule has 188 valence electrons. The zero-order valence-corrected chi connectivity index (χ0v) is 20.4. The van der Waals surface area contributed by atoms with E-state index in [0.29, 0.717) is 40.8 Å². The summed E-state index contributed by atoms with van der Waals surface area (Å²) < 4.78 is 23.9. The quantitative estimate of drug-likeness (QED) is 0.422. The highest BCUT2D eigenvalue weighted by atomic mass is 19.1. The first-order valence-corrected chi connectivity index (χ1v) is 11.8. The Balaban J connectivity index is 1.52. The van der Waals surface area contributed by atoms with Crippen molar-refractivity contribution in [2.75, 3.05) is 6.54 Å². The van der Waals surface area contributed by atoms with Crippen molar-refractivity contribution in [1.82, 2.24) is 29.4 Å². The third kappa shape index (κ3) is 3.74. The van der Waals surface area contributed by atoms with E-state index >= 15 is 0 Å². The predicted octanol–water partition coefficient (Wildman–Crippen LogP) is 3.14. The Kier molecular flexibility index (Phi) is 4.94. The van der Waals surface area contributed by atoms with Gasteiger partial charge in [0, 0.05) is 36.4 Å². The molecule has 6 rings (SSSR count). The third-order valence-corrected chi connectivity index (χ3v) is 6.38. The maximum atomic E-state index is 14.9. The van der Waals surface area contributed by atoms with Gasteiger partial charge in [0.15, 0.2) is 11.5 Å². The lowest BCUT2D eigenvalue weighted by atomic mass is 9.99. The molecule has 4 aromatic rings. The second-order valence-electron chi connectivity index (χ2n) is 10.1. The maximum absolute atomic E-state index is 14.9. The normalized spacial score (nSPS) is 16.1. The maximum Gasteiger partial charge on any atom is 0.410 e. The molecule has 1 N–H and O–H groups in total. The minimum absolute atomic E-state index is 0.0704. The van der Waals surface area contributed by atoms with Crippen LogP contribution in [0.1, 0.15) is 37.7 Å². The van der Waals surface area contributed by atoms with Crippen LogP contribution in [0.5, 0.6) is 0 Å². The van der Waals surface area contributed by atoms with Crippen molar-refractivity contribution in [3.8, 4) is 0 Å². The van der Waals surface area contributed by atoms with Crippen LogP contribution in [0.2, 0.25) is 0 Å². The molecule has 0 fully saturated rings. The molecule has 2 aliphatic rings. The zero-order chi connectivity index (χ0) is 26.1. The van der Waals surface area contributed by atoms with Gasteiger partial charge in [0.25, 0.3) is 11.8 Å². The van der Waals surface area contributed by atoms with Crippen LogP contribution in [-0.4, -0.2) is 54.1 Å². The highest BCUT2D eigenvalue weighted by molar-refractivity contribution is 6.49. The highest BCUT2D eigenvalue weighted by Gasteiger charge is 2.37. The van der Waals surface area contributed by atoms with Crippen molar-refractivity contribution in [3.63, 3.8) is 0 Å². The number of carbonyl (C=O) groups is 3. The van der Waals surface area contributed by atoms with Gasteiger partial charge >= 0.3 is 6.09 Å². The van der Waals surface area contributed by atoms with Gasteiger partial charge in [-0.25, -0.2) is 9.18 Å². The number of nitrogens with one attached hydrogen (secondary N) is 1. The van der Waals surface area contributed by atoms with E-state index in [1.54, 1.807) is 55.8 Å². The third-order valence-electron chi connectivity index (χ3n) is 6.38. The first kappa shape index (κ1) is 22.9. The van der Waals surface area contributed by atoms with Crippen LogP contribution in [-0.2, 0) is 27.4 Å². The topological polar surface area (TPSA) is 111 Å². The molecule has 0 atom stereocenters. The number of ether oxygens (including phenoxy) is 1. The summed E-state index contributed by atoms with van der Waals surface area (Å²) in [5, 5.41) is 11.1. The summed E-state index contributed by atoms with van der Waals surface area (Å²) in [6.07, 6.45) is 2.94. The molecule has 3 aromatic heterocycles. The van der Waals surface area contributed by atoms with Crippen LogP contribution in [0.3, 0.4) is 0 Å². The van der Waals surface area contributed by atoms with Crippen LogP contribution in [0.25, 0.3) is 27.7 Å². The average Bonchev–Trinajstić information content (AvgIpc) is 3.43. The molecule has 11 heteroatoms.